The molecule has 0 unspecified atom stereocenters. The van der Waals surface area contributed by atoms with Crippen molar-refractivity contribution in [2.45, 2.75) is 0 Å². The van der Waals surface area contributed by atoms with Gasteiger partial charge in [-0.05, 0) is 46.3 Å². The number of rotatable bonds is 7. The maximum atomic E-state index is 12.3. The second-order valence-corrected chi connectivity index (χ2v) is 5.55. The molecule has 0 fully saturated rings. The Kier molecular flexibility index (Phi) is 5.87. The fourth-order valence-corrected chi connectivity index (χ4v) is 2.61. The van der Waals surface area contributed by atoms with E-state index in [4.69, 9.17) is 14.2 Å². The number of hydrogen-bond donors (Lipinski definition) is 1. The molecule has 0 aromatic heterocycles. The molecule has 0 aliphatic heterocycles. The summed E-state index contributed by atoms with van der Waals surface area (Å²) in [6.07, 6.45) is 0. The van der Waals surface area contributed by atoms with Crippen LogP contribution in [-0.2, 0) is 0 Å². The van der Waals surface area contributed by atoms with Gasteiger partial charge < -0.3 is 19.5 Å². The number of halogens is 1. The molecule has 0 bridgehead atoms. The number of carbonyl (C=O) groups excluding carboxylic acids is 1. The van der Waals surface area contributed by atoms with Crippen LogP contribution in [0.1, 0.15) is 10.4 Å². The number of ketones is 1. The second kappa shape index (κ2) is 7.87. The highest BCUT2D eigenvalue weighted by Crippen LogP contribution is 2.29. The maximum absolute atomic E-state index is 12.3. The van der Waals surface area contributed by atoms with E-state index < -0.39 is 0 Å². The molecule has 0 aliphatic carbocycles. The molecule has 0 heterocycles. The van der Waals surface area contributed by atoms with Crippen LogP contribution in [0.2, 0.25) is 0 Å². The van der Waals surface area contributed by atoms with Crippen molar-refractivity contribution in [2.24, 2.45) is 0 Å². The van der Waals surface area contributed by atoms with E-state index >= 15 is 0 Å². The summed E-state index contributed by atoms with van der Waals surface area (Å²) < 4.78 is 16.4. The number of ether oxygens (including phenoxy) is 3. The van der Waals surface area contributed by atoms with Crippen LogP contribution in [0, 0.1) is 0 Å². The first-order valence-electron chi connectivity index (χ1n) is 6.91. The summed E-state index contributed by atoms with van der Waals surface area (Å²) in [7, 11) is 4.75. The number of hydrogen-bond acceptors (Lipinski definition) is 5. The quantitative estimate of drug-likeness (QED) is 0.742. The molecule has 1 N–H and O–H groups in total. The molecule has 0 aliphatic rings. The molecule has 6 heteroatoms. The van der Waals surface area contributed by atoms with Gasteiger partial charge in [-0.1, -0.05) is 0 Å². The van der Waals surface area contributed by atoms with Gasteiger partial charge in [-0.2, -0.15) is 0 Å². The topological polar surface area (TPSA) is 56.8 Å². The first-order valence-corrected chi connectivity index (χ1v) is 7.71. The van der Waals surface area contributed by atoms with Gasteiger partial charge >= 0.3 is 0 Å². The van der Waals surface area contributed by atoms with Crippen LogP contribution in [0.3, 0.4) is 0 Å². The van der Waals surface area contributed by atoms with Crippen LogP contribution in [0.25, 0.3) is 0 Å². The van der Waals surface area contributed by atoms with E-state index in [9.17, 15) is 4.79 Å². The average molecular weight is 380 g/mol. The Morgan fingerprint density at radius 3 is 2.30 bits per heavy atom. The Morgan fingerprint density at radius 1 is 1.00 bits per heavy atom. The maximum Gasteiger partial charge on any atom is 0.181 e. The Labute approximate surface area is 143 Å². The molecule has 0 amide bonds. The van der Waals surface area contributed by atoms with Crippen LogP contribution in [0.5, 0.6) is 17.2 Å². The molecule has 122 valence electrons. The molecule has 0 saturated carbocycles. The van der Waals surface area contributed by atoms with Crippen LogP contribution >= 0.6 is 15.9 Å². The number of benzene rings is 2. The van der Waals surface area contributed by atoms with E-state index in [0.29, 0.717) is 28.5 Å². The van der Waals surface area contributed by atoms with E-state index in [1.807, 2.05) is 0 Å². The van der Waals surface area contributed by atoms with E-state index in [1.165, 1.54) is 0 Å². The molecule has 23 heavy (non-hydrogen) atoms. The van der Waals surface area contributed by atoms with Crippen molar-refractivity contribution in [3.05, 3.63) is 46.4 Å². The molecule has 2 aromatic rings. The third kappa shape index (κ3) is 4.16. The monoisotopic (exact) mass is 379 g/mol. The summed E-state index contributed by atoms with van der Waals surface area (Å²) in [4.78, 5) is 12.3. The van der Waals surface area contributed by atoms with E-state index in [0.717, 1.165) is 4.47 Å². The Hall–Kier alpha value is -2.21. The van der Waals surface area contributed by atoms with Crippen molar-refractivity contribution in [3.63, 3.8) is 0 Å². The van der Waals surface area contributed by atoms with E-state index in [-0.39, 0.29) is 12.3 Å². The van der Waals surface area contributed by atoms with Gasteiger partial charge in [0, 0.05) is 11.6 Å². The predicted molar refractivity (Wildman–Crippen MR) is 93.1 cm³/mol. The molecule has 0 spiro atoms. The summed E-state index contributed by atoms with van der Waals surface area (Å²) in [5, 5.41) is 3.08. The summed E-state index contributed by atoms with van der Waals surface area (Å²) in [5.74, 6) is 1.98. The van der Waals surface area contributed by atoms with Gasteiger partial charge in [-0.25, -0.2) is 0 Å². The zero-order valence-corrected chi connectivity index (χ0v) is 14.8. The summed E-state index contributed by atoms with van der Waals surface area (Å²) >= 11 is 3.38. The lowest BCUT2D eigenvalue weighted by Gasteiger charge is -2.12. The van der Waals surface area contributed by atoms with Crippen molar-refractivity contribution < 1.29 is 19.0 Å². The van der Waals surface area contributed by atoms with Crippen LogP contribution < -0.4 is 19.5 Å². The van der Waals surface area contributed by atoms with Gasteiger partial charge in [-0.15, -0.1) is 0 Å². The molecule has 2 aromatic carbocycles. The van der Waals surface area contributed by atoms with Gasteiger partial charge in [-0.3, -0.25) is 4.79 Å². The van der Waals surface area contributed by atoms with Gasteiger partial charge in [0.15, 0.2) is 5.78 Å². The second-order valence-electron chi connectivity index (χ2n) is 4.69. The minimum Gasteiger partial charge on any atom is -0.497 e. The van der Waals surface area contributed by atoms with E-state index in [1.54, 1.807) is 57.7 Å². The van der Waals surface area contributed by atoms with Crippen molar-refractivity contribution in [1.82, 2.24) is 0 Å². The number of carbonyl (C=O) groups is 1. The SMILES string of the molecule is COc1ccc(OC)c(NCC(=O)c2ccc(OC)c(Br)c2)c1. The smallest absolute Gasteiger partial charge is 0.181 e. The lowest BCUT2D eigenvalue weighted by Crippen LogP contribution is -2.14. The third-order valence-electron chi connectivity index (χ3n) is 3.32. The number of nitrogens with one attached hydrogen (secondary N) is 1. The molecule has 0 saturated heterocycles. The highest BCUT2D eigenvalue weighted by molar-refractivity contribution is 9.10. The first-order chi connectivity index (χ1) is 11.1. The van der Waals surface area contributed by atoms with Gasteiger partial charge in [0.25, 0.3) is 0 Å². The van der Waals surface area contributed by atoms with Crippen LogP contribution in [0.15, 0.2) is 40.9 Å². The van der Waals surface area contributed by atoms with Crippen molar-refractivity contribution in [1.29, 1.82) is 0 Å². The van der Waals surface area contributed by atoms with Gasteiger partial charge in [0.2, 0.25) is 0 Å². The average Bonchev–Trinajstić information content (AvgIpc) is 2.59. The minimum absolute atomic E-state index is 0.0433. The van der Waals surface area contributed by atoms with E-state index in [2.05, 4.69) is 21.2 Å². The molecule has 5 nitrogen and oxygen atoms in total. The molecular formula is C17H18BrNO4. The molecule has 0 atom stereocenters. The Bertz CT molecular complexity index is 703. The highest BCUT2D eigenvalue weighted by Gasteiger charge is 2.11. The standard InChI is InChI=1S/C17H18BrNO4/c1-21-12-5-7-17(23-3)14(9-12)19-10-15(20)11-4-6-16(22-2)13(18)8-11/h4-9,19H,10H2,1-3H3. The number of anilines is 1. The summed E-state index contributed by atoms with van der Waals surface area (Å²) in [5.41, 5.74) is 1.29. The Balaban J connectivity index is 2.11. The van der Waals surface area contributed by atoms with Crippen molar-refractivity contribution in [3.8, 4) is 17.2 Å². The van der Waals surface area contributed by atoms with Crippen molar-refractivity contribution >= 4 is 27.4 Å². The lowest BCUT2D eigenvalue weighted by atomic mass is 10.1. The zero-order valence-electron chi connectivity index (χ0n) is 13.2. The summed E-state index contributed by atoms with van der Waals surface area (Å²) in [6.45, 7) is 0.141. The minimum atomic E-state index is -0.0433. The fraction of sp³-hybridized carbons (Fsp3) is 0.235. The lowest BCUT2D eigenvalue weighted by molar-refractivity contribution is 0.101. The molecule has 0 radical (unpaired) electrons. The largest absolute Gasteiger partial charge is 0.497 e. The normalized spacial score (nSPS) is 10.1. The molecular weight excluding hydrogens is 362 g/mol. The van der Waals surface area contributed by atoms with Crippen LogP contribution in [-0.4, -0.2) is 33.7 Å². The third-order valence-corrected chi connectivity index (χ3v) is 3.94. The Morgan fingerprint density at radius 2 is 1.70 bits per heavy atom. The predicted octanol–water partition coefficient (Wildman–Crippen LogP) is 3.77. The summed E-state index contributed by atoms with van der Waals surface area (Å²) in [6, 6.07) is 10.6. The highest BCUT2D eigenvalue weighted by atomic mass is 79.9. The molecule has 2 rings (SSSR count). The van der Waals surface area contributed by atoms with Gasteiger partial charge in [0.05, 0.1) is 38.0 Å². The van der Waals surface area contributed by atoms with Gasteiger partial charge in [0.1, 0.15) is 17.2 Å². The fourth-order valence-electron chi connectivity index (χ4n) is 2.07. The van der Waals surface area contributed by atoms with Crippen LogP contribution in [0.4, 0.5) is 5.69 Å². The van der Waals surface area contributed by atoms with Crippen molar-refractivity contribution in [2.75, 3.05) is 33.2 Å². The zero-order chi connectivity index (χ0) is 16.8. The first kappa shape index (κ1) is 17.1. The number of methoxy groups -OCH3 is 3. The number of Topliss-reactive ketones (excluding diaryl/α,β-unsaturated/α-hetero) is 1.